The average Bonchev–Trinajstić information content (AvgIpc) is 2.79. The van der Waals surface area contributed by atoms with E-state index in [9.17, 15) is 5.11 Å². The number of hydrogen-bond acceptors (Lipinski definition) is 2. The summed E-state index contributed by atoms with van der Waals surface area (Å²) in [6.07, 6.45) is 12.6. The minimum absolute atomic E-state index is 0.397. The van der Waals surface area contributed by atoms with E-state index in [1.165, 1.54) is 51.4 Å². The van der Waals surface area contributed by atoms with Gasteiger partial charge in [0.1, 0.15) is 0 Å². The zero-order valence-corrected chi connectivity index (χ0v) is 11.4. The van der Waals surface area contributed by atoms with Crippen LogP contribution in [0.2, 0.25) is 0 Å². The van der Waals surface area contributed by atoms with Gasteiger partial charge in [0.2, 0.25) is 0 Å². The Morgan fingerprint density at radius 3 is 2.06 bits per heavy atom. The van der Waals surface area contributed by atoms with Gasteiger partial charge in [-0.3, -0.25) is 0 Å². The fraction of sp³-hybridized carbons (Fsp3) is 1.00. The highest BCUT2D eigenvalue weighted by Gasteiger charge is 2.33. The molecule has 2 heteroatoms. The summed E-state index contributed by atoms with van der Waals surface area (Å²) in [6.45, 7) is 4.25. The molecule has 2 nitrogen and oxygen atoms in total. The van der Waals surface area contributed by atoms with Crippen LogP contribution >= 0.6 is 0 Å². The fourth-order valence-corrected chi connectivity index (χ4v) is 3.73. The molecule has 0 saturated heterocycles. The minimum atomic E-state index is -0.397. The summed E-state index contributed by atoms with van der Waals surface area (Å²) < 4.78 is 0. The highest BCUT2D eigenvalue weighted by molar-refractivity contribution is 4.89. The van der Waals surface area contributed by atoms with Crippen LogP contribution in [0.4, 0.5) is 0 Å². The van der Waals surface area contributed by atoms with Crippen LogP contribution < -0.4 is 5.32 Å². The van der Waals surface area contributed by atoms with Crippen molar-refractivity contribution in [2.45, 2.75) is 76.7 Å². The molecule has 2 aliphatic rings. The third-order valence-electron chi connectivity index (χ3n) is 5.15. The molecular weight excluding hydrogens is 210 g/mol. The molecule has 0 aromatic heterocycles. The van der Waals surface area contributed by atoms with Gasteiger partial charge >= 0.3 is 0 Å². The Labute approximate surface area is 106 Å². The minimum Gasteiger partial charge on any atom is -0.389 e. The summed E-state index contributed by atoms with van der Waals surface area (Å²) in [5.41, 5.74) is 0.150. The second-order valence-electron chi connectivity index (χ2n) is 6.45. The molecule has 0 heterocycles. The van der Waals surface area contributed by atoms with E-state index < -0.39 is 5.60 Å². The molecule has 2 aliphatic carbocycles. The van der Waals surface area contributed by atoms with Crippen LogP contribution in [-0.2, 0) is 0 Å². The number of aliphatic hydroxyl groups is 1. The molecule has 0 aromatic rings. The van der Waals surface area contributed by atoms with E-state index in [0.29, 0.717) is 5.41 Å². The Kier molecular flexibility index (Phi) is 4.48. The molecule has 2 fully saturated rings. The lowest BCUT2D eigenvalue weighted by Gasteiger charge is -2.35. The van der Waals surface area contributed by atoms with Crippen molar-refractivity contribution >= 4 is 0 Å². The Hall–Kier alpha value is -0.0800. The number of nitrogens with one attached hydrogen (secondary N) is 1. The largest absolute Gasteiger partial charge is 0.389 e. The van der Waals surface area contributed by atoms with Gasteiger partial charge in [0.15, 0.2) is 0 Å². The van der Waals surface area contributed by atoms with E-state index >= 15 is 0 Å². The predicted octanol–water partition coefficient (Wildman–Crippen LogP) is 3.24. The van der Waals surface area contributed by atoms with Gasteiger partial charge in [-0.2, -0.15) is 0 Å². The Morgan fingerprint density at radius 1 is 0.882 bits per heavy atom. The van der Waals surface area contributed by atoms with Crippen LogP contribution in [0.3, 0.4) is 0 Å². The quantitative estimate of drug-likeness (QED) is 0.772. The normalized spacial score (nSPS) is 27.2. The monoisotopic (exact) mass is 239 g/mol. The van der Waals surface area contributed by atoms with Gasteiger partial charge in [-0.05, 0) is 37.5 Å². The molecule has 100 valence electrons. The van der Waals surface area contributed by atoms with Crippen LogP contribution in [0.25, 0.3) is 0 Å². The molecule has 2 saturated carbocycles. The van der Waals surface area contributed by atoms with E-state index in [1.807, 2.05) is 0 Å². The van der Waals surface area contributed by atoms with Crippen LogP contribution in [0.5, 0.6) is 0 Å². The molecule has 17 heavy (non-hydrogen) atoms. The first-order valence-electron chi connectivity index (χ1n) is 7.61. The predicted molar refractivity (Wildman–Crippen MR) is 72.1 cm³/mol. The maximum absolute atomic E-state index is 10.4. The van der Waals surface area contributed by atoms with Crippen molar-refractivity contribution in [3.05, 3.63) is 0 Å². The number of hydrogen-bond donors (Lipinski definition) is 2. The maximum atomic E-state index is 10.4. The van der Waals surface area contributed by atoms with E-state index in [1.54, 1.807) is 0 Å². The summed E-state index contributed by atoms with van der Waals surface area (Å²) in [5.74, 6) is 0. The van der Waals surface area contributed by atoms with Crippen LogP contribution in [0.1, 0.15) is 71.1 Å². The summed E-state index contributed by atoms with van der Waals surface area (Å²) in [6, 6.07) is 0. The molecule has 0 bridgehead atoms. The van der Waals surface area contributed by atoms with Crippen LogP contribution in [0.15, 0.2) is 0 Å². The molecule has 0 amide bonds. The smallest absolute Gasteiger partial charge is 0.0771 e. The van der Waals surface area contributed by atoms with Crippen molar-refractivity contribution in [3.63, 3.8) is 0 Å². The van der Waals surface area contributed by atoms with Gasteiger partial charge < -0.3 is 10.4 Å². The summed E-state index contributed by atoms with van der Waals surface area (Å²) in [5, 5.41) is 14.0. The van der Waals surface area contributed by atoms with Crippen molar-refractivity contribution in [1.82, 2.24) is 5.32 Å². The van der Waals surface area contributed by atoms with E-state index in [-0.39, 0.29) is 0 Å². The zero-order chi connectivity index (χ0) is 12.2. The summed E-state index contributed by atoms with van der Waals surface area (Å²) in [4.78, 5) is 0. The molecule has 0 aliphatic heterocycles. The lowest BCUT2D eigenvalue weighted by Crippen LogP contribution is -2.45. The highest BCUT2D eigenvalue weighted by atomic mass is 16.3. The van der Waals surface area contributed by atoms with Crippen molar-refractivity contribution < 1.29 is 5.11 Å². The Balaban J connectivity index is 1.74. The first-order chi connectivity index (χ1) is 8.18. The van der Waals surface area contributed by atoms with Crippen molar-refractivity contribution in [1.29, 1.82) is 0 Å². The molecule has 0 unspecified atom stereocenters. The Bertz CT molecular complexity index is 227. The fourth-order valence-electron chi connectivity index (χ4n) is 3.73. The van der Waals surface area contributed by atoms with Crippen LogP contribution in [-0.4, -0.2) is 23.8 Å². The van der Waals surface area contributed by atoms with Crippen molar-refractivity contribution in [2.75, 3.05) is 13.1 Å². The first kappa shape index (κ1) is 13.4. The third-order valence-corrected chi connectivity index (χ3v) is 5.15. The first-order valence-corrected chi connectivity index (χ1v) is 7.61. The van der Waals surface area contributed by atoms with E-state index in [4.69, 9.17) is 0 Å². The summed E-state index contributed by atoms with van der Waals surface area (Å²) in [7, 11) is 0. The van der Waals surface area contributed by atoms with E-state index in [2.05, 4.69) is 12.2 Å². The summed E-state index contributed by atoms with van der Waals surface area (Å²) >= 11 is 0. The standard InChI is InChI=1S/C15H29NO/c1-2-14(8-6-7-9-14)12-16-13-15(17)10-4-3-5-11-15/h16-17H,2-13H2,1H3. The SMILES string of the molecule is CCC1(CNCC2(O)CCCCC2)CCCC1. The lowest BCUT2D eigenvalue weighted by atomic mass is 9.82. The van der Waals surface area contributed by atoms with Gasteiger partial charge in [0, 0.05) is 13.1 Å². The second-order valence-corrected chi connectivity index (χ2v) is 6.45. The molecular formula is C15H29NO. The zero-order valence-electron chi connectivity index (χ0n) is 11.4. The average molecular weight is 239 g/mol. The third kappa shape index (κ3) is 3.45. The molecule has 2 rings (SSSR count). The molecule has 2 N–H and O–H groups in total. The van der Waals surface area contributed by atoms with Gasteiger partial charge in [-0.1, -0.05) is 39.0 Å². The number of rotatable bonds is 5. The molecule has 0 radical (unpaired) electrons. The van der Waals surface area contributed by atoms with Crippen molar-refractivity contribution in [3.8, 4) is 0 Å². The maximum Gasteiger partial charge on any atom is 0.0771 e. The topological polar surface area (TPSA) is 32.3 Å². The van der Waals surface area contributed by atoms with E-state index in [0.717, 1.165) is 25.9 Å². The van der Waals surface area contributed by atoms with Gasteiger partial charge in [0.05, 0.1) is 5.60 Å². The van der Waals surface area contributed by atoms with Crippen LogP contribution in [0, 0.1) is 5.41 Å². The lowest BCUT2D eigenvalue weighted by molar-refractivity contribution is 0.00269. The Morgan fingerprint density at radius 2 is 1.47 bits per heavy atom. The van der Waals surface area contributed by atoms with Gasteiger partial charge in [-0.15, -0.1) is 0 Å². The second kappa shape index (κ2) is 5.71. The van der Waals surface area contributed by atoms with Crippen molar-refractivity contribution in [2.24, 2.45) is 5.41 Å². The van der Waals surface area contributed by atoms with Gasteiger partial charge in [0.25, 0.3) is 0 Å². The molecule has 0 aromatic carbocycles. The van der Waals surface area contributed by atoms with Gasteiger partial charge in [-0.25, -0.2) is 0 Å². The molecule has 0 spiro atoms. The highest BCUT2D eigenvalue weighted by Crippen LogP contribution is 2.40. The molecule has 0 atom stereocenters.